The Morgan fingerprint density at radius 3 is 2.31 bits per heavy atom. The highest BCUT2D eigenvalue weighted by molar-refractivity contribution is 5.33. The molecular weight excluding hydrogens is 198 g/mol. The average Bonchev–Trinajstić information content (AvgIpc) is 2.30. The van der Waals surface area contributed by atoms with Gasteiger partial charge in [0.05, 0.1) is 0 Å². The molecule has 1 aromatic carbocycles. The van der Waals surface area contributed by atoms with Gasteiger partial charge in [-0.1, -0.05) is 38.1 Å². The summed E-state index contributed by atoms with van der Waals surface area (Å²) in [6.07, 6.45) is 1.92. The number of rotatable bonds is 2. The lowest BCUT2D eigenvalue weighted by atomic mass is 10.1. The number of nitrogens with zero attached hydrogens (tertiary/aromatic N) is 1. The third-order valence-electron chi connectivity index (χ3n) is 2.63. The third-order valence-corrected chi connectivity index (χ3v) is 2.63. The summed E-state index contributed by atoms with van der Waals surface area (Å²) < 4.78 is 1.69. The van der Waals surface area contributed by atoms with Crippen LogP contribution in [0.1, 0.15) is 25.3 Å². The molecule has 1 heterocycles. The van der Waals surface area contributed by atoms with Crippen LogP contribution in [-0.4, -0.2) is 4.57 Å². The van der Waals surface area contributed by atoms with Crippen LogP contribution in [0.15, 0.2) is 53.5 Å². The van der Waals surface area contributed by atoms with Gasteiger partial charge in [-0.3, -0.25) is 9.36 Å². The van der Waals surface area contributed by atoms with Crippen LogP contribution >= 0.6 is 0 Å². The van der Waals surface area contributed by atoms with Gasteiger partial charge in [0.2, 0.25) is 0 Å². The van der Waals surface area contributed by atoms with Crippen molar-refractivity contribution >= 4 is 0 Å². The first-order chi connectivity index (χ1) is 7.68. The molecule has 0 aliphatic carbocycles. The molecule has 82 valence electrons. The normalized spacial score (nSPS) is 10.7. The van der Waals surface area contributed by atoms with Crippen molar-refractivity contribution in [2.24, 2.45) is 0 Å². The summed E-state index contributed by atoms with van der Waals surface area (Å²) in [5.74, 6) is 0.426. The van der Waals surface area contributed by atoms with Gasteiger partial charge in [0.15, 0.2) is 0 Å². The van der Waals surface area contributed by atoms with Crippen molar-refractivity contribution in [3.8, 4) is 5.69 Å². The summed E-state index contributed by atoms with van der Waals surface area (Å²) in [7, 11) is 0. The highest BCUT2D eigenvalue weighted by atomic mass is 16.1. The molecule has 0 fully saturated rings. The van der Waals surface area contributed by atoms with Gasteiger partial charge in [0, 0.05) is 18.0 Å². The fourth-order valence-electron chi connectivity index (χ4n) is 1.64. The SMILES string of the molecule is CC(C)c1ccc(=O)n(-c2ccccc2)c1. The van der Waals surface area contributed by atoms with E-state index in [1.54, 1.807) is 10.6 Å². The Bertz CT molecular complexity index is 526. The molecule has 2 aromatic rings. The molecule has 0 radical (unpaired) electrons. The topological polar surface area (TPSA) is 22.0 Å². The van der Waals surface area contributed by atoms with E-state index in [1.165, 1.54) is 5.56 Å². The summed E-state index contributed by atoms with van der Waals surface area (Å²) in [4.78, 5) is 11.8. The lowest BCUT2D eigenvalue weighted by Gasteiger charge is -2.10. The predicted molar refractivity (Wildman–Crippen MR) is 66.1 cm³/mol. The Hall–Kier alpha value is -1.83. The van der Waals surface area contributed by atoms with Crippen LogP contribution in [0.2, 0.25) is 0 Å². The maximum atomic E-state index is 11.8. The van der Waals surface area contributed by atoms with E-state index in [2.05, 4.69) is 13.8 Å². The zero-order valence-electron chi connectivity index (χ0n) is 9.55. The van der Waals surface area contributed by atoms with E-state index in [0.29, 0.717) is 5.92 Å². The van der Waals surface area contributed by atoms with Gasteiger partial charge in [0.1, 0.15) is 0 Å². The van der Waals surface area contributed by atoms with Crippen LogP contribution in [-0.2, 0) is 0 Å². The lowest BCUT2D eigenvalue weighted by molar-refractivity contribution is 0.834. The molecule has 0 aliphatic heterocycles. The van der Waals surface area contributed by atoms with E-state index in [-0.39, 0.29) is 5.56 Å². The Labute approximate surface area is 95.2 Å². The van der Waals surface area contributed by atoms with Gasteiger partial charge in [0.25, 0.3) is 5.56 Å². The summed E-state index contributed by atoms with van der Waals surface area (Å²) in [6, 6.07) is 13.2. The molecule has 2 heteroatoms. The number of pyridine rings is 1. The average molecular weight is 213 g/mol. The quantitative estimate of drug-likeness (QED) is 0.751. The van der Waals surface area contributed by atoms with E-state index in [4.69, 9.17) is 0 Å². The number of benzene rings is 1. The Morgan fingerprint density at radius 1 is 1.00 bits per heavy atom. The Kier molecular flexibility index (Phi) is 2.91. The Balaban J connectivity index is 2.56. The summed E-state index contributed by atoms with van der Waals surface area (Å²) in [5, 5.41) is 0. The molecule has 1 aromatic heterocycles. The minimum absolute atomic E-state index is 0.00981. The smallest absolute Gasteiger partial charge is 0.255 e. The van der Waals surface area contributed by atoms with E-state index in [1.807, 2.05) is 42.6 Å². The zero-order valence-corrected chi connectivity index (χ0v) is 9.55. The molecule has 0 saturated carbocycles. The highest BCUT2D eigenvalue weighted by Gasteiger charge is 2.03. The molecule has 2 rings (SSSR count). The standard InChI is InChI=1S/C14H15NO/c1-11(2)12-8-9-14(16)15(10-12)13-6-4-3-5-7-13/h3-11H,1-2H3. The molecule has 0 amide bonds. The van der Waals surface area contributed by atoms with Gasteiger partial charge < -0.3 is 0 Å². The molecule has 0 aliphatic rings. The molecule has 16 heavy (non-hydrogen) atoms. The van der Waals surface area contributed by atoms with Crippen LogP contribution in [0.5, 0.6) is 0 Å². The molecule has 0 spiro atoms. The lowest BCUT2D eigenvalue weighted by Crippen LogP contribution is -2.17. The van der Waals surface area contributed by atoms with Crippen molar-refractivity contribution in [3.63, 3.8) is 0 Å². The van der Waals surface area contributed by atoms with Gasteiger partial charge >= 0.3 is 0 Å². The molecule has 0 atom stereocenters. The van der Waals surface area contributed by atoms with Crippen LogP contribution in [0.3, 0.4) is 0 Å². The number of hydrogen-bond acceptors (Lipinski definition) is 1. The molecule has 2 nitrogen and oxygen atoms in total. The predicted octanol–water partition coefficient (Wildman–Crippen LogP) is 2.96. The minimum atomic E-state index is 0.00981. The van der Waals surface area contributed by atoms with Crippen LogP contribution < -0.4 is 5.56 Å². The van der Waals surface area contributed by atoms with Crippen molar-refractivity contribution in [1.82, 2.24) is 4.57 Å². The molecule has 0 unspecified atom stereocenters. The second kappa shape index (κ2) is 4.35. The number of aromatic nitrogens is 1. The maximum absolute atomic E-state index is 11.8. The van der Waals surface area contributed by atoms with Crippen LogP contribution in [0.4, 0.5) is 0 Å². The summed E-state index contributed by atoms with van der Waals surface area (Å²) in [5.41, 5.74) is 2.09. The van der Waals surface area contributed by atoms with E-state index in [0.717, 1.165) is 5.69 Å². The van der Waals surface area contributed by atoms with Crippen LogP contribution in [0.25, 0.3) is 5.69 Å². The van der Waals surface area contributed by atoms with Crippen molar-refractivity contribution in [2.45, 2.75) is 19.8 Å². The highest BCUT2D eigenvalue weighted by Crippen LogP contribution is 2.13. The first-order valence-electron chi connectivity index (χ1n) is 5.46. The third kappa shape index (κ3) is 2.06. The monoisotopic (exact) mass is 213 g/mol. The molecular formula is C14H15NO. The first-order valence-corrected chi connectivity index (χ1v) is 5.46. The molecule has 0 saturated heterocycles. The zero-order chi connectivity index (χ0) is 11.5. The largest absolute Gasteiger partial charge is 0.284 e. The van der Waals surface area contributed by atoms with E-state index in [9.17, 15) is 4.79 Å². The molecule has 0 bridgehead atoms. The van der Waals surface area contributed by atoms with Crippen molar-refractivity contribution in [3.05, 3.63) is 64.6 Å². The maximum Gasteiger partial charge on any atom is 0.255 e. The number of hydrogen-bond donors (Lipinski definition) is 0. The van der Waals surface area contributed by atoms with Crippen molar-refractivity contribution in [2.75, 3.05) is 0 Å². The summed E-state index contributed by atoms with van der Waals surface area (Å²) in [6.45, 7) is 4.24. The summed E-state index contributed by atoms with van der Waals surface area (Å²) >= 11 is 0. The fourth-order valence-corrected chi connectivity index (χ4v) is 1.64. The Morgan fingerprint density at radius 2 is 1.69 bits per heavy atom. The van der Waals surface area contributed by atoms with E-state index < -0.39 is 0 Å². The van der Waals surface area contributed by atoms with Gasteiger partial charge in [-0.05, 0) is 23.6 Å². The van der Waals surface area contributed by atoms with Crippen LogP contribution in [0, 0.1) is 0 Å². The van der Waals surface area contributed by atoms with Crippen molar-refractivity contribution in [1.29, 1.82) is 0 Å². The fraction of sp³-hybridized carbons (Fsp3) is 0.214. The first kappa shape index (κ1) is 10.7. The van der Waals surface area contributed by atoms with E-state index >= 15 is 0 Å². The number of para-hydroxylation sites is 1. The molecule has 0 N–H and O–H groups in total. The minimum Gasteiger partial charge on any atom is -0.284 e. The van der Waals surface area contributed by atoms with Crippen molar-refractivity contribution < 1.29 is 0 Å². The second-order valence-electron chi connectivity index (χ2n) is 4.16. The van der Waals surface area contributed by atoms with Gasteiger partial charge in [-0.2, -0.15) is 0 Å². The van der Waals surface area contributed by atoms with Gasteiger partial charge in [-0.15, -0.1) is 0 Å². The second-order valence-corrected chi connectivity index (χ2v) is 4.16. The van der Waals surface area contributed by atoms with Gasteiger partial charge in [-0.25, -0.2) is 0 Å².